The molecule has 3 unspecified atom stereocenters. The van der Waals surface area contributed by atoms with Gasteiger partial charge in [0.15, 0.2) is 17.6 Å². The molecule has 95 heavy (non-hydrogen) atoms. The molecule has 0 radical (unpaired) electrons. The van der Waals surface area contributed by atoms with E-state index in [-0.39, 0.29) is 72.0 Å². The summed E-state index contributed by atoms with van der Waals surface area (Å²) in [5.41, 5.74) is -0.388. The van der Waals surface area contributed by atoms with E-state index >= 15 is 0 Å². The Morgan fingerprint density at radius 2 is 1.15 bits per heavy atom. The molecule has 8 rings (SSSR count). The quantitative estimate of drug-likeness (QED) is 0.0214. The maximum absolute atomic E-state index is 13.4. The molecule has 1 saturated heterocycles. The number of hydrogen-bond donors (Lipinski definition) is 1. The predicted molar refractivity (Wildman–Crippen MR) is 374 cm³/mol. The van der Waals surface area contributed by atoms with Crippen LogP contribution in [0.2, 0.25) is 0 Å². The van der Waals surface area contributed by atoms with E-state index in [9.17, 15) is 29.1 Å². The zero-order valence-corrected chi connectivity index (χ0v) is 61.3. The molecule has 2 spiro atoms. The second-order valence-electron chi connectivity index (χ2n) is 31.9. The smallest absolute Gasteiger partial charge is 0.482 e. The number of carbonyl (C=O) groups excluding carboxylic acids is 5. The first-order valence-electron chi connectivity index (χ1n) is 39.1. The number of rotatable bonds is 51. The molecule has 1 aromatic carbocycles. The summed E-state index contributed by atoms with van der Waals surface area (Å²) in [5, 5.41) is 12.6. The molecular weight excluding hydrogens is 1200 g/mol. The molecule has 4 saturated carbocycles. The van der Waals surface area contributed by atoms with E-state index in [1.807, 2.05) is 26.8 Å². The van der Waals surface area contributed by atoms with E-state index in [0.29, 0.717) is 31.1 Å². The van der Waals surface area contributed by atoms with E-state index in [4.69, 9.17) is 37.9 Å². The highest BCUT2D eigenvalue weighted by Gasteiger charge is 2.82. The SMILES string of the molecule is CCCCCCCCCCCCCCCC(=O)OCC(COC(=O)CCCCCCCCCCCCCCC)OC(=O)CC(C)CCCCCCCC(C)C(=O)OCOC(=O)Oc1ccc2c3c1O[C@H]1[C@@]4(OC)CC[C@@]5(C[C@@H]4[C@](C)(O)C(C)(C)C)C(C2)N(CC2CC2)CC[C@]315. The van der Waals surface area contributed by atoms with Crippen molar-refractivity contribution in [3.8, 4) is 11.5 Å². The standard InChI is InChI=1S/C80H133NO14/c1-10-12-14-16-18-20-22-24-26-28-30-35-39-43-68(82)89-57-64(58-90-69(83)44-40-36-31-29-27-25-23-21-19-17-15-13-11-2)93-70(84)53-60(3)41-37-33-32-34-38-42-61(4)73(85)91-59-92-75(86)94-65-48-47-63-54-67-78-49-50-80(88-9,66(55-78)77(8,87)76(5,6)7)74-79(78,71(63)72(65)95-74)51-52-81(67)56-62-45-46-62/h47-48,60-62,64,66-67,74,87H,10-46,49-59H2,1-9H3/t60?,61?,66-,67?,74-,77+,78-,79+,80-/m1/s1. The molecule has 9 atom stereocenters. The number of likely N-dealkylation sites (tertiary alicyclic amines) is 1. The Morgan fingerprint density at radius 1 is 0.632 bits per heavy atom. The maximum atomic E-state index is 13.4. The van der Waals surface area contributed by atoms with Crippen LogP contribution in [0.3, 0.4) is 0 Å². The summed E-state index contributed by atoms with van der Waals surface area (Å²) in [6.07, 6.45) is 43.6. The topological polar surface area (TPSA) is 183 Å². The minimum absolute atomic E-state index is 0.0714. The Kier molecular flexibility index (Phi) is 32.3. The van der Waals surface area contributed by atoms with Crippen LogP contribution in [0.5, 0.6) is 11.5 Å². The van der Waals surface area contributed by atoms with Crippen molar-refractivity contribution in [2.24, 2.45) is 34.5 Å². The highest BCUT2D eigenvalue weighted by molar-refractivity contribution is 5.73. The van der Waals surface area contributed by atoms with Crippen LogP contribution < -0.4 is 9.47 Å². The van der Waals surface area contributed by atoms with Gasteiger partial charge in [-0.2, -0.15) is 0 Å². The van der Waals surface area contributed by atoms with E-state index in [2.05, 4.69) is 45.6 Å². The van der Waals surface area contributed by atoms with Crippen molar-refractivity contribution in [3.05, 3.63) is 23.3 Å². The van der Waals surface area contributed by atoms with Gasteiger partial charge in [-0.25, -0.2) is 4.79 Å². The first kappa shape index (κ1) is 78.4. The van der Waals surface area contributed by atoms with Crippen LogP contribution in [0.4, 0.5) is 4.79 Å². The fourth-order valence-corrected chi connectivity index (χ4v) is 17.5. The molecule has 2 heterocycles. The first-order chi connectivity index (χ1) is 45.8. The summed E-state index contributed by atoms with van der Waals surface area (Å²) >= 11 is 0. The molecule has 5 fully saturated rings. The number of unbranched alkanes of at least 4 members (excludes halogenated alkanes) is 28. The first-order valence-corrected chi connectivity index (χ1v) is 39.1. The van der Waals surface area contributed by atoms with E-state index < -0.39 is 47.6 Å². The van der Waals surface area contributed by atoms with Gasteiger partial charge in [-0.05, 0) is 107 Å². The molecule has 7 aliphatic rings. The number of ether oxygens (including phenoxy) is 8. The lowest BCUT2D eigenvalue weighted by atomic mass is 9.33. The molecule has 4 bridgehead atoms. The second kappa shape index (κ2) is 39.2. The Hall–Kier alpha value is -3.95. The molecule has 2 aliphatic heterocycles. The maximum Gasteiger partial charge on any atom is 0.516 e. The van der Waals surface area contributed by atoms with Crippen LogP contribution in [-0.4, -0.2) is 110 Å². The molecule has 15 nitrogen and oxygen atoms in total. The minimum atomic E-state index is -1.06. The van der Waals surface area contributed by atoms with Crippen LogP contribution >= 0.6 is 0 Å². The van der Waals surface area contributed by atoms with Gasteiger partial charge in [0.2, 0.25) is 6.79 Å². The average molecular weight is 1330 g/mol. The molecule has 542 valence electrons. The number of carbonyl (C=O) groups is 5. The molecule has 5 aliphatic carbocycles. The second-order valence-corrected chi connectivity index (χ2v) is 31.9. The number of benzene rings is 1. The van der Waals surface area contributed by atoms with Gasteiger partial charge >= 0.3 is 30.0 Å². The molecular formula is C80H133NO14. The largest absolute Gasteiger partial charge is 0.516 e. The molecule has 1 aromatic rings. The Labute approximate surface area is 575 Å². The fourth-order valence-electron chi connectivity index (χ4n) is 17.5. The molecule has 0 aromatic heterocycles. The van der Waals surface area contributed by atoms with Gasteiger partial charge in [0.1, 0.15) is 24.9 Å². The van der Waals surface area contributed by atoms with E-state index in [1.54, 1.807) is 7.11 Å². The van der Waals surface area contributed by atoms with Crippen molar-refractivity contribution in [2.75, 3.05) is 40.2 Å². The summed E-state index contributed by atoms with van der Waals surface area (Å²) in [4.78, 5) is 68.3. The van der Waals surface area contributed by atoms with Gasteiger partial charge < -0.3 is 43.0 Å². The fraction of sp³-hybridized carbons (Fsp3) is 0.863. The van der Waals surface area contributed by atoms with Crippen LogP contribution in [0.25, 0.3) is 0 Å². The molecule has 15 heteroatoms. The lowest BCUT2D eigenvalue weighted by Crippen LogP contribution is -2.83. The number of esters is 4. The highest BCUT2D eigenvalue weighted by Crippen LogP contribution is 2.78. The monoisotopic (exact) mass is 1330 g/mol. The van der Waals surface area contributed by atoms with Crippen molar-refractivity contribution < 1.29 is 67.0 Å². The van der Waals surface area contributed by atoms with Gasteiger partial charge in [0.25, 0.3) is 0 Å². The third-order valence-electron chi connectivity index (χ3n) is 23.8. The number of fused-ring (bicyclic) bond motifs is 2. The minimum Gasteiger partial charge on any atom is -0.482 e. The molecule has 0 amide bonds. The number of hydrogen-bond acceptors (Lipinski definition) is 15. The third kappa shape index (κ3) is 21.8. The van der Waals surface area contributed by atoms with Crippen molar-refractivity contribution in [1.29, 1.82) is 0 Å². The number of aliphatic hydroxyl groups is 1. The summed E-state index contributed by atoms with van der Waals surface area (Å²) in [7, 11) is 1.78. The van der Waals surface area contributed by atoms with Crippen molar-refractivity contribution in [2.45, 2.75) is 366 Å². The van der Waals surface area contributed by atoms with Gasteiger partial charge in [-0.3, -0.25) is 24.1 Å². The van der Waals surface area contributed by atoms with Crippen LogP contribution in [0, 0.1) is 34.5 Å². The van der Waals surface area contributed by atoms with Crippen molar-refractivity contribution >= 4 is 30.0 Å². The highest BCUT2D eigenvalue weighted by atomic mass is 16.8. The lowest BCUT2D eigenvalue weighted by Gasteiger charge is -2.75. The van der Waals surface area contributed by atoms with Gasteiger partial charge in [0.05, 0.1) is 11.5 Å². The average Bonchev–Trinajstić information content (AvgIpc) is 1.58. The Bertz CT molecular complexity index is 2440. The number of nitrogens with zero attached hydrogens (tertiary/aromatic N) is 1. The van der Waals surface area contributed by atoms with E-state index in [1.165, 1.54) is 147 Å². The van der Waals surface area contributed by atoms with Crippen molar-refractivity contribution in [3.63, 3.8) is 0 Å². The van der Waals surface area contributed by atoms with Gasteiger partial charge in [-0.15, -0.1) is 0 Å². The zero-order valence-electron chi connectivity index (χ0n) is 61.3. The summed E-state index contributed by atoms with van der Waals surface area (Å²) < 4.78 is 47.9. The molecule has 1 N–H and O–H groups in total. The Balaban J connectivity index is 0.776. The Morgan fingerprint density at radius 3 is 1.66 bits per heavy atom. The van der Waals surface area contributed by atoms with Crippen LogP contribution in [0.1, 0.15) is 336 Å². The van der Waals surface area contributed by atoms with E-state index in [0.717, 1.165) is 134 Å². The summed E-state index contributed by atoms with van der Waals surface area (Å²) in [6.45, 7) is 18.0. The predicted octanol–water partition coefficient (Wildman–Crippen LogP) is 19.1. The summed E-state index contributed by atoms with van der Waals surface area (Å²) in [6, 6.07) is 4.23. The third-order valence-corrected chi connectivity index (χ3v) is 23.8. The van der Waals surface area contributed by atoms with Gasteiger partial charge in [-0.1, -0.05) is 247 Å². The van der Waals surface area contributed by atoms with Crippen molar-refractivity contribution in [1.82, 2.24) is 4.90 Å². The van der Waals surface area contributed by atoms with Crippen LogP contribution in [-0.2, 0) is 59.4 Å². The van der Waals surface area contributed by atoms with Gasteiger partial charge in [0, 0.05) is 61.3 Å². The number of piperidine rings is 1. The number of methoxy groups -OCH3 is 1. The lowest BCUT2D eigenvalue weighted by molar-refractivity contribution is -0.312. The normalized spacial score (nSPS) is 23.7. The zero-order chi connectivity index (χ0) is 68.3. The van der Waals surface area contributed by atoms with Crippen LogP contribution in [0.15, 0.2) is 12.1 Å². The summed E-state index contributed by atoms with van der Waals surface area (Å²) in [5.74, 6) is -0.371.